The van der Waals surface area contributed by atoms with E-state index < -0.39 is 20.3 Å². The summed E-state index contributed by atoms with van der Waals surface area (Å²) in [5.41, 5.74) is 0.954. The van der Waals surface area contributed by atoms with E-state index in [1.807, 2.05) is 25.1 Å². The molecule has 4 aromatic carbocycles. The van der Waals surface area contributed by atoms with Crippen LogP contribution >= 0.6 is 22.9 Å². The molecule has 0 radical (unpaired) electrons. The summed E-state index contributed by atoms with van der Waals surface area (Å²) in [5, 5.41) is 1.78. The fourth-order valence-corrected chi connectivity index (χ4v) is 9.40. The van der Waals surface area contributed by atoms with Crippen LogP contribution in [0.4, 0.5) is 14.1 Å². The molecule has 0 aliphatic heterocycles. The molecule has 0 aliphatic rings. The Bertz CT molecular complexity index is 1810. The van der Waals surface area contributed by atoms with Crippen LogP contribution in [0.2, 0.25) is 5.02 Å². The van der Waals surface area contributed by atoms with Crippen molar-refractivity contribution in [3.63, 3.8) is 0 Å². The third-order valence-corrected chi connectivity index (χ3v) is 11.6. The molecule has 272 valence electrons. The standard InChI is InChI=1S/C38H42ClO2S2.6FH.Sb/c1-3-4-5-6-7-8-9-10-11-18-25-41-37-28(2)26-33(39)35-36(40)32-27-31(23-24-34(32)42-38(35)37)43(29-19-14-12-15-20-29)30-21-16-13-17-22-30;;;;;;;/h12-17,19-24,26-27H,3-11,18,25H2,1-2H3;6*1H;/q+1;;;;;;;+5/p-6. The maximum atomic E-state index is 14.0. The summed E-state index contributed by atoms with van der Waals surface area (Å²) in [5.74, 6) is 0.803. The normalized spacial score (nSPS) is 12.2. The van der Waals surface area contributed by atoms with Crippen LogP contribution < -0.4 is 14.9 Å². The van der Waals surface area contributed by atoms with Gasteiger partial charge >= 0.3 is 34.4 Å². The van der Waals surface area contributed by atoms with Gasteiger partial charge in [-0.3, -0.25) is 4.79 Å². The number of unbranched alkanes of at least 4 members (excludes halogenated alkanes) is 9. The summed E-state index contributed by atoms with van der Waals surface area (Å²) < 4.78 is 57.7. The van der Waals surface area contributed by atoms with E-state index in [1.165, 1.54) is 67.6 Å². The minimum absolute atomic E-state index is 0. The fourth-order valence-electron chi connectivity index (χ4n) is 5.65. The average molecular weight is 866 g/mol. The molecule has 50 heavy (non-hydrogen) atoms. The van der Waals surface area contributed by atoms with E-state index in [9.17, 15) is 18.9 Å². The Hall–Kier alpha value is -2.39. The molecule has 1 aromatic heterocycles. The van der Waals surface area contributed by atoms with E-state index in [0.717, 1.165) is 32.0 Å². The van der Waals surface area contributed by atoms with E-state index in [-0.39, 0.29) is 21.0 Å². The Labute approximate surface area is 306 Å². The Morgan fingerprint density at radius 3 is 1.74 bits per heavy atom. The summed E-state index contributed by atoms with van der Waals surface area (Å²) >= 11 is -0.822. The number of rotatable bonds is 15. The number of aryl methyl sites for hydroxylation is 1. The molecule has 1 heterocycles. The first-order valence-electron chi connectivity index (χ1n) is 16.6. The molecule has 0 bridgehead atoms. The van der Waals surface area contributed by atoms with Crippen LogP contribution in [0.3, 0.4) is 0 Å². The van der Waals surface area contributed by atoms with Gasteiger partial charge in [0.25, 0.3) is 0 Å². The molecule has 0 N–H and O–H groups in total. The Morgan fingerprint density at radius 1 is 0.720 bits per heavy atom. The summed E-state index contributed by atoms with van der Waals surface area (Å²) in [6.45, 7) is 4.95. The van der Waals surface area contributed by atoms with E-state index in [0.29, 0.717) is 22.4 Å². The fraction of sp³-hybridized carbons (Fsp3) is 0.342. The first kappa shape index (κ1) is 42.0. The topological polar surface area (TPSA) is 26.3 Å². The van der Waals surface area contributed by atoms with Crippen molar-refractivity contribution in [2.45, 2.75) is 92.7 Å². The second-order valence-corrected chi connectivity index (χ2v) is 19.0. The third kappa shape index (κ3) is 13.0. The van der Waals surface area contributed by atoms with Crippen LogP contribution in [-0.2, 0) is 10.9 Å². The van der Waals surface area contributed by atoms with Gasteiger partial charge in [-0.05, 0) is 61.4 Å². The molecule has 0 unspecified atom stereocenters. The average Bonchev–Trinajstić information content (AvgIpc) is 3.05. The predicted octanol–water partition coefficient (Wildman–Crippen LogP) is 10.5. The van der Waals surface area contributed by atoms with Crippen LogP contribution in [0.25, 0.3) is 20.2 Å². The minimum atomic E-state index is -9.19. The van der Waals surface area contributed by atoms with E-state index in [1.54, 1.807) is 11.3 Å². The van der Waals surface area contributed by atoms with Gasteiger partial charge in [0.1, 0.15) is 5.75 Å². The number of benzene rings is 4. The van der Waals surface area contributed by atoms with Crippen molar-refractivity contribution < 1.29 is 23.5 Å². The molecule has 5 rings (SSSR count). The molecule has 2 nitrogen and oxygen atoms in total. The molecule has 0 amide bonds. The van der Waals surface area contributed by atoms with Gasteiger partial charge in [-0.2, -0.15) is 0 Å². The quantitative estimate of drug-likeness (QED) is 0.0345. The number of hydrogen-bond donors (Lipinski definition) is 0. The Balaban J connectivity index is 0.000000888. The molecule has 0 aliphatic carbocycles. The number of halogens is 7. The molecule has 12 heteroatoms. The Morgan fingerprint density at radius 2 is 1.22 bits per heavy atom. The van der Waals surface area contributed by atoms with E-state index in [2.05, 4.69) is 73.7 Å². The number of fused-ring (bicyclic) bond motifs is 2. The molecular formula is C38H42ClF6O2S2Sb. The molecule has 0 spiro atoms. The molecule has 0 atom stereocenters. The van der Waals surface area contributed by atoms with Crippen molar-refractivity contribution in [2.24, 2.45) is 0 Å². The molecule has 0 fully saturated rings. The van der Waals surface area contributed by atoms with Gasteiger partial charge in [0.2, 0.25) is 0 Å². The van der Waals surface area contributed by atoms with Crippen molar-refractivity contribution in [3.8, 4) is 5.75 Å². The van der Waals surface area contributed by atoms with Crippen LogP contribution in [0.15, 0.2) is 104 Å². The zero-order valence-electron chi connectivity index (χ0n) is 28.1. The molecule has 0 saturated heterocycles. The molecule has 5 aromatic rings. The monoisotopic (exact) mass is 864 g/mol. The SMILES string of the molecule is CCCCCCCCCCCCOc1c(C)cc(Cl)c2c(=O)c3cc([S+](c4ccccc4)c4ccccc4)ccc3sc12.[F-].[F][Sb]([F])([F])([F])[F]. The van der Waals surface area contributed by atoms with Crippen LogP contribution in [-0.4, -0.2) is 26.9 Å². The number of ether oxygens (including phenoxy) is 1. The first-order chi connectivity index (χ1) is 23.3. The zero-order valence-corrected chi connectivity index (χ0v) is 33.0. The third-order valence-electron chi connectivity index (χ3n) is 7.95. The van der Waals surface area contributed by atoms with Crippen LogP contribution in [0.5, 0.6) is 5.75 Å². The van der Waals surface area contributed by atoms with Crippen molar-refractivity contribution in [1.82, 2.24) is 0 Å². The predicted molar refractivity (Wildman–Crippen MR) is 199 cm³/mol. The van der Waals surface area contributed by atoms with Gasteiger partial charge in [-0.15, -0.1) is 11.3 Å². The van der Waals surface area contributed by atoms with Crippen molar-refractivity contribution in [1.29, 1.82) is 0 Å². The zero-order chi connectivity index (χ0) is 35.5. The summed E-state index contributed by atoms with van der Waals surface area (Å²) in [4.78, 5) is 17.6. The maximum absolute atomic E-state index is 14.0. The second kappa shape index (κ2) is 19.4. The van der Waals surface area contributed by atoms with Gasteiger partial charge in [0.15, 0.2) is 20.1 Å². The van der Waals surface area contributed by atoms with Crippen molar-refractivity contribution in [2.75, 3.05) is 6.61 Å². The van der Waals surface area contributed by atoms with Gasteiger partial charge in [-0.25, -0.2) is 0 Å². The summed E-state index contributed by atoms with van der Waals surface area (Å²) in [7, 11) is -0.329. The summed E-state index contributed by atoms with van der Waals surface area (Å²) in [6, 6.07) is 29.3. The molecule has 0 saturated carbocycles. The van der Waals surface area contributed by atoms with Crippen LogP contribution in [0.1, 0.15) is 76.7 Å². The van der Waals surface area contributed by atoms with Gasteiger partial charge in [0, 0.05) is 16.2 Å². The molecular weight excluding hydrogens is 824 g/mol. The van der Waals surface area contributed by atoms with Crippen molar-refractivity contribution >= 4 is 74.3 Å². The first-order valence-corrected chi connectivity index (χ1v) is 23.8. The van der Waals surface area contributed by atoms with E-state index in [4.69, 9.17) is 16.3 Å². The van der Waals surface area contributed by atoms with E-state index >= 15 is 0 Å². The van der Waals surface area contributed by atoms with Gasteiger partial charge in [-0.1, -0.05) is 113 Å². The van der Waals surface area contributed by atoms with Crippen LogP contribution in [0, 0.1) is 6.92 Å². The van der Waals surface area contributed by atoms with Gasteiger partial charge < -0.3 is 9.44 Å². The number of hydrogen-bond acceptors (Lipinski definition) is 3. The summed E-state index contributed by atoms with van der Waals surface area (Å²) in [6.07, 6.45) is 12.9. The van der Waals surface area contributed by atoms with Crippen molar-refractivity contribution in [3.05, 3.63) is 106 Å². The second-order valence-electron chi connectivity index (χ2n) is 11.9. The van der Waals surface area contributed by atoms with Gasteiger partial charge in [0.05, 0.1) is 32.6 Å². The Kier molecular flexibility index (Phi) is 16.3.